The third-order valence-electron chi connectivity index (χ3n) is 3.82. The fraction of sp³-hybridized carbons (Fsp3) is 0.100. The Kier molecular flexibility index (Phi) is 6.44. The number of carbonyl (C=O) groups is 2. The van der Waals surface area contributed by atoms with Gasteiger partial charge in [-0.25, -0.2) is 4.39 Å². The van der Waals surface area contributed by atoms with Crippen LogP contribution in [0.2, 0.25) is 0 Å². The molecule has 0 bridgehead atoms. The molecule has 1 heterocycles. The Morgan fingerprint density at radius 3 is 2.61 bits per heavy atom. The van der Waals surface area contributed by atoms with Crippen molar-refractivity contribution in [1.29, 1.82) is 0 Å². The first-order chi connectivity index (χ1) is 13.5. The molecule has 144 valence electrons. The molecule has 0 atom stereocenters. The summed E-state index contributed by atoms with van der Waals surface area (Å²) in [5.41, 5.74) is 0.960. The molecule has 0 aliphatic carbocycles. The largest absolute Gasteiger partial charge is 0.467 e. The van der Waals surface area contributed by atoms with Gasteiger partial charge in [0, 0.05) is 10.2 Å². The van der Waals surface area contributed by atoms with E-state index in [0.29, 0.717) is 21.5 Å². The van der Waals surface area contributed by atoms with Gasteiger partial charge < -0.3 is 20.4 Å². The molecular weight excluding hydrogens is 429 g/mol. The van der Waals surface area contributed by atoms with Crippen molar-refractivity contribution < 1.29 is 18.4 Å². The van der Waals surface area contributed by atoms with Crippen molar-refractivity contribution >= 4 is 39.1 Å². The quantitative estimate of drug-likeness (QED) is 0.509. The van der Waals surface area contributed by atoms with E-state index in [-0.39, 0.29) is 24.7 Å². The van der Waals surface area contributed by atoms with E-state index < -0.39 is 11.7 Å². The number of halogens is 2. The number of amides is 2. The molecule has 1 aromatic heterocycles. The molecule has 0 saturated heterocycles. The number of anilines is 2. The summed E-state index contributed by atoms with van der Waals surface area (Å²) in [7, 11) is 0. The van der Waals surface area contributed by atoms with E-state index in [1.54, 1.807) is 42.5 Å². The maximum Gasteiger partial charge on any atom is 0.253 e. The van der Waals surface area contributed by atoms with Gasteiger partial charge in [0.1, 0.15) is 11.6 Å². The van der Waals surface area contributed by atoms with Crippen LogP contribution in [0.3, 0.4) is 0 Å². The lowest BCUT2D eigenvalue weighted by atomic mass is 10.1. The molecule has 2 amide bonds. The topological polar surface area (TPSA) is 83.4 Å². The van der Waals surface area contributed by atoms with Crippen LogP contribution in [0.15, 0.2) is 69.8 Å². The molecule has 8 heteroatoms. The van der Waals surface area contributed by atoms with Gasteiger partial charge >= 0.3 is 0 Å². The summed E-state index contributed by atoms with van der Waals surface area (Å²) in [6.07, 6.45) is 1.53. The minimum atomic E-state index is -0.541. The molecular formula is C20H17BrFN3O3. The van der Waals surface area contributed by atoms with Crippen molar-refractivity contribution in [1.82, 2.24) is 5.32 Å². The molecule has 28 heavy (non-hydrogen) atoms. The summed E-state index contributed by atoms with van der Waals surface area (Å²) in [6, 6.07) is 14.7. The summed E-state index contributed by atoms with van der Waals surface area (Å²) < 4.78 is 19.6. The van der Waals surface area contributed by atoms with Gasteiger partial charge in [-0.3, -0.25) is 9.59 Å². The highest BCUT2D eigenvalue weighted by atomic mass is 79.9. The fourth-order valence-corrected chi connectivity index (χ4v) is 2.80. The van der Waals surface area contributed by atoms with E-state index in [1.165, 1.54) is 18.4 Å². The molecule has 0 saturated carbocycles. The zero-order valence-electron chi connectivity index (χ0n) is 14.7. The molecule has 0 unspecified atom stereocenters. The summed E-state index contributed by atoms with van der Waals surface area (Å²) in [6.45, 7) is 0.126. The Morgan fingerprint density at radius 1 is 1.04 bits per heavy atom. The van der Waals surface area contributed by atoms with Crippen LogP contribution in [0.5, 0.6) is 0 Å². The van der Waals surface area contributed by atoms with Crippen molar-refractivity contribution in [3.8, 4) is 0 Å². The van der Waals surface area contributed by atoms with Crippen LogP contribution in [0.25, 0.3) is 0 Å². The number of furan rings is 1. The first kappa shape index (κ1) is 19.6. The number of hydrogen-bond acceptors (Lipinski definition) is 4. The van der Waals surface area contributed by atoms with Gasteiger partial charge in [-0.05, 0) is 42.5 Å². The van der Waals surface area contributed by atoms with Crippen LogP contribution in [-0.2, 0) is 11.3 Å². The maximum atomic E-state index is 13.8. The SMILES string of the molecule is O=C(CNc1ccccc1C(=O)NCc1ccco1)Nc1ccc(Br)cc1F. The lowest BCUT2D eigenvalue weighted by Crippen LogP contribution is -2.26. The first-order valence-electron chi connectivity index (χ1n) is 8.41. The molecule has 3 aromatic rings. The second kappa shape index (κ2) is 9.18. The third kappa shape index (κ3) is 5.20. The average molecular weight is 446 g/mol. The Bertz CT molecular complexity index is 977. The van der Waals surface area contributed by atoms with Gasteiger partial charge in [0.25, 0.3) is 5.91 Å². The van der Waals surface area contributed by atoms with E-state index in [9.17, 15) is 14.0 Å². The van der Waals surface area contributed by atoms with Crippen molar-refractivity contribution in [2.45, 2.75) is 6.54 Å². The van der Waals surface area contributed by atoms with Gasteiger partial charge in [0.05, 0.1) is 30.6 Å². The van der Waals surface area contributed by atoms with Crippen LogP contribution in [0, 0.1) is 5.82 Å². The number of para-hydroxylation sites is 1. The number of rotatable bonds is 7. The monoisotopic (exact) mass is 445 g/mol. The van der Waals surface area contributed by atoms with Crippen molar-refractivity contribution in [2.24, 2.45) is 0 Å². The molecule has 0 aliphatic rings. The van der Waals surface area contributed by atoms with E-state index in [2.05, 4.69) is 31.9 Å². The summed E-state index contributed by atoms with van der Waals surface area (Å²) >= 11 is 3.16. The van der Waals surface area contributed by atoms with Crippen LogP contribution in [0.4, 0.5) is 15.8 Å². The second-order valence-electron chi connectivity index (χ2n) is 5.83. The number of hydrogen-bond donors (Lipinski definition) is 3. The molecule has 0 fully saturated rings. The molecule has 0 aliphatic heterocycles. The molecule has 0 radical (unpaired) electrons. The molecule has 0 spiro atoms. The third-order valence-corrected chi connectivity index (χ3v) is 4.31. The zero-order chi connectivity index (χ0) is 19.9. The Balaban J connectivity index is 1.59. The van der Waals surface area contributed by atoms with Gasteiger partial charge in [-0.2, -0.15) is 0 Å². The predicted octanol–water partition coefficient (Wildman–Crippen LogP) is 4.16. The first-order valence-corrected chi connectivity index (χ1v) is 9.20. The van der Waals surface area contributed by atoms with Crippen LogP contribution < -0.4 is 16.0 Å². The summed E-state index contributed by atoms with van der Waals surface area (Å²) in [5, 5.41) is 8.15. The zero-order valence-corrected chi connectivity index (χ0v) is 16.3. The lowest BCUT2D eigenvalue weighted by Gasteiger charge is -2.12. The molecule has 6 nitrogen and oxygen atoms in total. The minimum absolute atomic E-state index is 0.0828. The highest BCUT2D eigenvalue weighted by Crippen LogP contribution is 2.19. The number of benzene rings is 2. The van der Waals surface area contributed by atoms with E-state index in [0.717, 1.165) is 0 Å². The summed E-state index contributed by atoms with van der Waals surface area (Å²) in [4.78, 5) is 24.5. The van der Waals surface area contributed by atoms with Crippen LogP contribution in [-0.4, -0.2) is 18.4 Å². The minimum Gasteiger partial charge on any atom is -0.467 e. The molecule has 3 N–H and O–H groups in total. The second-order valence-corrected chi connectivity index (χ2v) is 6.75. The van der Waals surface area contributed by atoms with E-state index in [1.807, 2.05) is 0 Å². The standard InChI is InChI=1S/C20H17BrFN3O3/c21-13-7-8-18(16(22)10-13)25-19(26)12-23-17-6-2-1-5-15(17)20(27)24-11-14-4-3-9-28-14/h1-10,23H,11-12H2,(H,24,27)(H,25,26). The van der Waals surface area contributed by atoms with Crippen molar-refractivity contribution in [3.05, 3.63) is 82.5 Å². The maximum absolute atomic E-state index is 13.8. The molecule has 2 aromatic carbocycles. The van der Waals surface area contributed by atoms with Crippen molar-refractivity contribution in [2.75, 3.05) is 17.2 Å². The fourth-order valence-electron chi connectivity index (χ4n) is 2.47. The predicted molar refractivity (Wildman–Crippen MR) is 108 cm³/mol. The lowest BCUT2D eigenvalue weighted by molar-refractivity contribution is -0.114. The van der Waals surface area contributed by atoms with Crippen LogP contribution in [0.1, 0.15) is 16.1 Å². The van der Waals surface area contributed by atoms with Crippen LogP contribution >= 0.6 is 15.9 Å². The Labute approximate surface area is 169 Å². The highest BCUT2D eigenvalue weighted by Gasteiger charge is 2.13. The summed E-state index contributed by atoms with van der Waals surface area (Å²) in [5.74, 6) is -0.652. The van der Waals surface area contributed by atoms with Gasteiger partial charge in [0.2, 0.25) is 5.91 Å². The van der Waals surface area contributed by atoms with E-state index in [4.69, 9.17) is 4.42 Å². The smallest absolute Gasteiger partial charge is 0.253 e. The molecule has 3 rings (SSSR count). The van der Waals surface area contributed by atoms with Gasteiger partial charge in [-0.15, -0.1) is 0 Å². The Morgan fingerprint density at radius 2 is 1.86 bits per heavy atom. The van der Waals surface area contributed by atoms with Crippen molar-refractivity contribution in [3.63, 3.8) is 0 Å². The average Bonchev–Trinajstić information content (AvgIpc) is 3.20. The normalized spacial score (nSPS) is 10.4. The van der Waals surface area contributed by atoms with Gasteiger partial charge in [-0.1, -0.05) is 28.1 Å². The Hall–Kier alpha value is -3.13. The van der Waals surface area contributed by atoms with Gasteiger partial charge in [0.15, 0.2) is 0 Å². The number of carbonyl (C=O) groups excluding carboxylic acids is 2. The number of nitrogens with one attached hydrogen (secondary N) is 3. The highest BCUT2D eigenvalue weighted by molar-refractivity contribution is 9.10. The van der Waals surface area contributed by atoms with E-state index >= 15 is 0 Å².